The van der Waals surface area contributed by atoms with Crippen LogP contribution in [-0.2, 0) is 24.3 Å². The molecule has 2 aromatic heterocycles. The quantitative estimate of drug-likeness (QED) is 0.699. The van der Waals surface area contributed by atoms with Crippen molar-refractivity contribution in [1.29, 1.82) is 0 Å². The Labute approximate surface area is 169 Å². The maximum Gasteiger partial charge on any atom is 0.304 e. The average Bonchev–Trinajstić information content (AvgIpc) is 2.94. The van der Waals surface area contributed by atoms with Crippen molar-refractivity contribution in [2.24, 2.45) is 0 Å². The Balaban J connectivity index is 1.81. The molecule has 0 aliphatic carbocycles. The highest BCUT2D eigenvalue weighted by atomic mass is 35.5. The number of pyridine rings is 1. The number of benzene rings is 1. The summed E-state index contributed by atoms with van der Waals surface area (Å²) in [5.41, 5.74) is 5.62. The fraction of sp³-hybridized carbons (Fsp3) is 0.364. The van der Waals surface area contributed by atoms with Crippen LogP contribution in [0.3, 0.4) is 0 Å². The van der Waals surface area contributed by atoms with Gasteiger partial charge in [0.25, 0.3) is 0 Å². The van der Waals surface area contributed by atoms with Crippen molar-refractivity contribution in [1.82, 2.24) is 14.5 Å². The van der Waals surface area contributed by atoms with Gasteiger partial charge in [0.1, 0.15) is 0 Å². The molecule has 6 heteroatoms. The normalized spacial score (nSPS) is 15.5. The Morgan fingerprint density at radius 1 is 1.32 bits per heavy atom. The number of hydrogen-bond acceptors (Lipinski definition) is 3. The molecule has 4 rings (SSSR count). The number of aromatic nitrogens is 2. The summed E-state index contributed by atoms with van der Waals surface area (Å²) in [6.07, 6.45) is 2.86. The molecule has 0 amide bonds. The molecule has 0 saturated heterocycles. The largest absolute Gasteiger partial charge is 0.481 e. The summed E-state index contributed by atoms with van der Waals surface area (Å²) in [6.45, 7) is 4.41. The number of aliphatic carboxylic acids is 1. The second-order valence-corrected chi connectivity index (χ2v) is 8.15. The zero-order valence-electron chi connectivity index (χ0n) is 16.2. The predicted octanol–water partition coefficient (Wildman–Crippen LogP) is 4.24. The number of halogens is 1. The van der Waals surface area contributed by atoms with Gasteiger partial charge in [0.2, 0.25) is 0 Å². The van der Waals surface area contributed by atoms with E-state index in [2.05, 4.69) is 27.6 Å². The van der Waals surface area contributed by atoms with Gasteiger partial charge < -0.3 is 14.6 Å². The Kier molecular flexibility index (Phi) is 5.13. The summed E-state index contributed by atoms with van der Waals surface area (Å²) >= 11 is 6.28. The van der Waals surface area contributed by atoms with Crippen molar-refractivity contribution in [3.05, 3.63) is 64.1 Å². The van der Waals surface area contributed by atoms with Crippen molar-refractivity contribution in [2.45, 2.75) is 38.8 Å². The van der Waals surface area contributed by atoms with Crippen molar-refractivity contribution < 1.29 is 9.90 Å². The molecule has 1 aliphatic heterocycles. The lowest BCUT2D eigenvalue weighted by atomic mass is 9.96. The van der Waals surface area contributed by atoms with Gasteiger partial charge in [0, 0.05) is 59.1 Å². The fourth-order valence-corrected chi connectivity index (χ4v) is 4.37. The number of fused-ring (bicyclic) bond motifs is 3. The van der Waals surface area contributed by atoms with Gasteiger partial charge in [-0.1, -0.05) is 17.7 Å². The Morgan fingerprint density at radius 2 is 2.14 bits per heavy atom. The minimum absolute atomic E-state index is 0.0720. The van der Waals surface area contributed by atoms with E-state index in [1.165, 1.54) is 16.6 Å². The van der Waals surface area contributed by atoms with Crippen LogP contribution in [0.2, 0.25) is 5.02 Å². The minimum atomic E-state index is -0.795. The minimum Gasteiger partial charge on any atom is -0.481 e. The topological polar surface area (TPSA) is 58.4 Å². The molecule has 3 aromatic rings. The molecule has 5 nitrogen and oxygen atoms in total. The lowest BCUT2D eigenvalue weighted by Crippen LogP contribution is -2.28. The van der Waals surface area contributed by atoms with E-state index in [9.17, 15) is 9.90 Å². The Hall–Kier alpha value is -2.37. The van der Waals surface area contributed by atoms with E-state index >= 15 is 0 Å². The maximum absolute atomic E-state index is 11.6. The highest BCUT2D eigenvalue weighted by molar-refractivity contribution is 6.31. The molecule has 3 heterocycles. The van der Waals surface area contributed by atoms with Crippen molar-refractivity contribution in [3.63, 3.8) is 0 Å². The number of carbonyl (C=O) groups is 1. The smallest absolute Gasteiger partial charge is 0.304 e. The third kappa shape index (κ3) is 3.64. The molecule has 0 fully saturated rings. The third-order valence-electron chi connectivity index (χ3n) is 5.64. The molecule has 146 valence electrons. The molecule has 1 aromatic carbocycles. The van der Waals surface area contributed by atoms with Crippen molar-refractivity contribution in [2.75, 3.05) is 13.6 Å². The number of likely N-dealkylation sites (N-methyl/N-ethyl adjacent to an activating group) is 1. The maximum atomic E-state index is 11.6. The van der Waals surface area contributed by atoms with Gasteiger partial charge in [-0.3, -0.25) is 9.78 Å². The third-order valence-corrected chi connectivity index (χ3v) is 5.88. The van der Waals surface area contributed by atoms with E-state index in [-0.39, 0.29) is 12.3 Å². The van der Waals surface area contributed by atoms with Gasteiger partial charge in [0.15, 0.2) is 0 Å². The summed E-state index contributed by atoms with van der Waals surface area (Å²) in [5, 5.41) is 11.4. The number of aryl methyl sites for hydroxylation is 1. The standard InChI is InChI=1S/C22H24ClN3O2/c1-14-3-4-15(11-24-14)16(9-22(27)28)12-26-20-6-5-17(23)10-19(20)18-7-8-25(2)13-21(18)26/h3-6,10-11,16H,7-9,12-13H2,1-2H3,(H,27,28). The van der Waals surface area contributed by atoms with Gasteiger partial charge in [-0.15, -0.1) is 0 Å². The number of carboxylic acids is 1. The number of nitrogens with zero attached hydrogens (tertiary/aromatic N) is 3. The Morgan fingerprint density at radius 3 is 2.86 bits per heavy atom. The SMILES string of the molecule is Cc1ccc(C(CC(=O)O)Cn2c3c(c4cc(Cl)ccc42)CCN(C)C3)cn1. The molecule has 1 unspecified atom stereocenters. The lowest BCUT2D eigenvalue weighted by Gasteiger charge is -2.26. The summed E-state index contributed by atoms with van der Waals surface area (Å²) in [5.74, 6) is -0.940. The fourth-order valence-electron chi connectivity index (χ4n) is 4.19. The van der Waals surface area contributed by atoms with Crippen LogP contribution in [0.5, 0.6) is 0 Å². The zero-order chi connectivity index (χ0) is 19.8. The highest BCUT2D eigenvalue weighted by Crippen LogP contribution is 2.34. The van der Waals surface area contributed by atoms with Gasteiger partial charge in [-0.05, 0) is 55.8 Å². The van der Waals surface area contributed by atoms with Crippen LogP contribution in [0.1, 0.15) is 34.9 Å². The van der Waals surface area contributed by atoms with Crippen LogP contribution < -0.4 is 0 Å². The zero-order valence-corrected chi connectivity index (χ0v) is 16.9. The molecule has 28 heavy (non-hydrogen) atoms. The van der Waals surface area contributed by atoms with E-state index in [1.807, 2.05) is 37.4 Å². The van der Waals surface area contributed by atoms with Crippen LogP contribution >= 0.6 is 11.6 Å². The van der Waals surface area contributed by atoms with Crippen LogP contribution in [0.4, 0.5) is 0 Å². The van der Waals surface area contributed by atoms with Gasteiger partial charge >= 0.3 is 5.97 Å². The first-order valence-electron chi connectivity index (χ1n) is 9.54. The van der Waals surface area contributed by atoms with E-state index in [1.54, 1.807) is 0 Å². The second-order valence-electron chi connectivity index (χ2n) is 7.71. The van der Waals surface area contributed by atoms with Crippen molar-refractivity contribution >= 4 is 28.5 Å². The molecule has 1 N–H and O–H groups in total. The second kappa shape index (κ2) is 7.57. The molecule has 0 radical (unpaired) electrons. The lowest BCUT2D eigenvalue weighted by molar-refractivity contribution is -0.137. The van der Waals surface area contributed by atoms with Gasteiger partial charge in [0.05, 0.1) is 6.42 Å². The number of carboxylic acid groups (broad SMARTS) is 1. The van der Waals surface area contributed by atoms with E-state index in [4.69, 9.17) is 11.6 Å². The van der Waals surface area contributed by atoms with Crippen LogP contribution in [0.15, 0.2) is 36.5 Å². The number of hydrogen-bond donors (Lipinski definition) is 1. The van der Waals surface area contributed by atoms with E-state index in [0.717, 1.165) is 41.3 Å². The first-order valence-corrected chi connectivity index (χ1v) is 9.92. The molecule has 0 bridgehead atoms. The monoisotopic (exact) mass is 397 g/mol. The summed E-state index contributed by atoms with van der Waals surface area (Å²) in [6, 6.07) is 9.95. The molecule has 1 aliphatic rings. The van der Waals surface area contributed by atoms with Crippen LogP contribution in [-0.4, -0.2) is 39.1 Å². The van der Waals surface area contributed by atoms with E-state index < -0.39 is 5.97 Å². The van der Waals surface area contributed by atoms with Crippen molar-refractivity contribution in [3.8, 4) is 0 Å². The molecule has 0 spiro atoms. The molecule has 1 atom stereocenters. The average molecular weight is 398 g/mol. The first kappa shape index (κ1) is 19.0. The highest BCUT2D eigenvalue weighted by Gasteiger charge is 2.25. The summed E-state index contributed by atoms with van der Waals surface area (Å²) < 4.78 is 2.30. The van der Waals surface area contributed by atoms with Gasteiger partial charge in [-0.25, -0.2) is 0 Å². The summed E-state index contributed by atoms with van der Waals surface area (Å²) in [4.78, 5) is 18.3. The van der Waals surface area contributed by atoms with E-state index in [0.29, 0.717) is 6.54 Å². The predicted molar refractivity (Wildman–Crippen MR) is 111 cm³/mol. The Bertz CT molecular complexity index is 1030. The van der Waals surface area contributed by atoms with Crippen LogP contribution in [0, 0.1) is 6.92 Å². The molecular weight excluding hydrogens is 374 g/mol. The molecular formula is C22H24ClN3O2. The number of rotatable bonds is 5. The van der Waals surface area contributed by atoms with Gasteiger partial charge in [-0.2, -0.15) is 0 Å². The molecule has 0 saturated carbocycles. The first-order chi connectivity index (χ1) is 13.4. The van der Waals surface area contributed by atoms with Crippen LogP contribution in [0.25, 0.3) is 10.9 Å². The summed E-state index contributed by atoms with van der Waals surface area (Å²) in [7, 11) is 2.12.